The van der Waals surface area contributed by atoms with Gasteiger partial charge in [0, 0.05) is 25.0 Å². The Morgan fingerprint density at radius 1 is 1.03 bits per heavy atom. The monoisotopic (exact) mass is 447 g/mol. The molecule has 1 N–H and O–H groups in total. The van der Waals surface area contributed by atoms with E-state index in [1.165, 1.54) is 25.5 Å². The number of likely N-dealkylation sites (tertiary alicyclic amines) is 1. The minimum Gasteiger partial charge on any atom is -0.351 e. The van der Waals surface area contributed by atoms with Gasteiger partial charge in [-0.05, 0) is 67.6 Å². The third-order valence-electron chi connectivity index (χ3n) is 5.25. The molecular weight excluding hydrogens is 418 g/mol. The molecule has 2 aromatic carbocycles. The molecule has 0 radical (unpaired) electrons. The van der Waals surface area contributed by atoms with Crippen molar-refractivity contribution < 1.29 is 13.2 Å². The van der Waals surface area contributed by atoms with Gasteiger partial charge in [0.15, 0.2) is 0 Å². The maximum atomic E-state index is 12.7. The van der Waals surface area contributed by atoms with Crippen LogP contribution in [0.3, 0.4) is 0 Å². The molecular formula is C22H29N3O3S2. The van der Waals surface area contributed by atoms with Gasteiger partial charge in [0.1, 0.15) is 0 Å². The smallest absolute Gasteiger partial charge is 0.243 e. The fourth-order valence-electron chi connectivity index (χ4n) is 3.43. The highest BCUT2D eigenvalue weighted by Gasteiger charge is 2.22. The summed E-state index contributed by atoms with van der Waals surface area (Å²) in [6.45, 7) is 3.44. The van der Waals surface area contributed by atoms with E-state index in [4.69, 9.17) is 0 Å². The Hall–Kier alpha value is -1.87. The number of rotatable bonds is 9. The molecule has 0 atom stereocenters. The van der Waals surface area contributed by atoms with E-state index in [9.17, 15) is 13.2 Å². The van der Waals surface area contributed by atoms with Crippen molar-refractivity contribution in [2.45, 2.75) is 35.7 Å². The number of nitrogens with one attached hydrogen (secondary N) is 1. The molecule has 162 valence electrons. The first-order valence-electron chi connectivity index (χ1n) is 10.1. The van der Waals surface area contributed by atoms with Crippen molar-refractivity contribution in [1.29, 1.82) is 0 Å². The summed E-state index contributed by atoms with van der Waals surface area (Å²) in [6.07, 6.45) is 4.48. The van der Waals surface area contributed by atoms with Crippen LogP contribution in [0.4, 0.5) is 0 Å². The number of benzene rings is 2. The largest absolute Gasteiger partial charge is 0.351 e. The number of nitrogens with zero attached hydrogens (tertiary/aromatic N) is 2. The van der Waals surface area contributed by atoms with Gasteiger partial charge >= 0.3 is 0 Å². The third-order valence-corrected chi connectivity index (χ3v) is 7.81. The first kappa shape index (κ1) is 22.8. The predicted octanol–water partition coefficient (Wildman–Crippen LogP) is 2.94. The highest BCUT2D eigenvalue weighted by atomic mass is 32.2. The molecule has 1 amide bonds. The number of thioether (sulfide) groups is 1. The van der Waals surface area contributed by atoms with Crippen LogP contribution in [-0.4, -0.2) is 56.5 Å². The normalized spacial score (nSPS) is 14.9. The molecule has 6 nitrogen and oxygen atoms in total. The number of carbonyl (C=O) groups is 1. The van der Waals surface area contributed by atoms with Crippen LogP contribution < -0.4 is 5.32 Å². The summed E-state index contributed by atoms with van der Waals surface area (Å²) in [5.41, 5.74) is 2.26. The first-order chi connectivity index (χ1) is 14.4. The molecule has 8 heteroatoms. The lowest BCUT2D eigenvalue weighted by atomic mass is 10.1. The second-order valence-corrected chi connectivity index (χ2v) is 10.4. The zero-order valence-electron chi connectivity index (χ0n) is 17.5. The quantitative estimate of drug-likeness (QED) is 0.599. The average Bonchev–Trinajstić information content (AvgIpc) is 3.26. The van der Waals surface area contributed by atoms with E-state index in [1.54, 1.807) is 36.0 Å². The van der Waals surface area contributed by atoms with Gasteiger partial charge in [-0.25, -0.2) is 8.42 Å². The lowest BCUT2D eigenvalue weighted by molar-refractivity contribution is -0.121. The highest BCUT2D eigenvalue weighted by Crippen LogP contribution is 2.20. The molecule has 1 fully saturated rings. The van der Waals surface area contributed by atoms with Crippen molar-refractivity contribution in [1.82, 2.24) is 14.5 Å². The van der Waals surface area contributed by atoms with Gasteiger partial charge in [-0.3, -0.25) is 9.69 Å². The minimum atomic E-state index is -3.70. The molecule has 0 aromatic heterocycles. The maximum absolute atomic E-state index is 12.7. The topological polar surface area (TPSA) is 69.7 Å². The molecule has 0 unspecified atom stereocenters. The molecule has 1 saturated heterocycles. The molecule has 2 aromatic rings. The van der Waals surface area contributed by atoms with E-state index >= 15 is 0 Å². The van der Waals surface area contributed by atoms with Gasteiger partial charge in [-0.15, -0.1) is 11.8 Å². The molecule has 1 aliphatic rings. The Balaban J connectivity index is 1.49. The van der Waals surface area contributed by atoms with Crippen LogP contribution in [-0.2, 0) is 27.9 Å². The van der Waals surface area contributed by atoms with Crippen molar-refractivity contribution in [2.24, 2.45) is 0 Å². The van der Waals surface area contributed by atoms with E-state index < -0.39 is 10.0 Å². The summed E-state index contributed by atoms with van der Waals surface area (Å²) in [4.78, 5) is 15.9. The van der Waals surface area contributed by atoms with E-state index in [0.717, 1.165) is 34.4 Å². The summed E-state index contributed by atoms with van der Waals surface area (Å²) >= 11 is 1.55. The zero-order valence-corrected chi connectivity index (χ0v) is 19.1. The van der Waals surface area contributed by atoms with Gasteiger partial charge in [-0.1, -0.05) is 24.3 Å². The van der Waals surface area contributed by atoms with Crippen LogP contribution in [0.25, 0.3) is 0 Å². The zero-order chi connectivity index (χ0) is 21.6. The minimum absolute atomic E-state index is 0.184. The number of sulfonamides is 1. The number of hydrogen-bond acceptors (Lipinski definition) is 5. The Morgan fingerprint density at radius 3 is 2.23 bits per heavy atom. The molecule has 30 heavy (non-hydrogen) atoms. The van der Waals surface area contributed by atoms with Gasteiger partial charge in [0.25, 0.3) is 0 Å². The number of hydrogen-bond donors (Lipinski definition) is 1. The molecule has 0 bridgehead atoms. The third kappa shape index (κ3) is 6.07. The maximum Gasteiger partial charge on any atom is 0.243 e. The lowest BCUT2D eigenvalue weighted by Gasteiger charge is -2.17. The molecule has 1 heterocycles. The van der Waals surface area contributed by atoms with Crippen molar-refractivity contribution in [3.8, 4) is 0 Å². The van der Waals surface area contributed by atoms with Crippen LogP contribution in [0.1, 0.15) is 24.0 Å². The van der Waals surface area contributed by atoms with E-state index in [0.29, 0.717) is 6.54 Å². The second-order valence-electron chi connectivity index (χ2n) is 7.51. The molecule has 1 aliphatic heterocycles. The molecule has 0 spiro atoms. The van der Waals surface area contributed by atoms with E-state index in [-0.39, 0.29) is 17.3 Å². The molecule has 0 aliphatic carbocycles. The van der Waals surface area contributed by atoms with Crippen LogP contribution in [0.2, 0.25) is 0 Å². The van der Waals surface area contributed by atoms with Gasteiger partial charge in [0.2, 0.25) is 15.9 Å². The van der Waals surface area contributed by atoms with E-state index in [2.05, 4.69) is 22.3 Å². The Kier molecular flexibility index (Phi) is 7.93. The summed E-state index contributed by atoms with van der Waals surface area (Å²) in [5, 5.41) is 2.81. The van der Waals surface area contributed by atoms with Crippen molar-refractivity contribution in [3.63, 3.8) is 0 Å². The van der Waals surface area contributed by atoms with Crippen molar-refractivity contribution in [3.05, 3.63) is 59.7 Å². The summed E-state index contributed by atoms with van der Waals surface area (Å²) < 4.78 is 26.4. The summed E-state index contributed by atoms with van der Waals surface area (Å²) in [5.74, 6) is -0.331. The van der Waals surface area contributed by atoms with E-state index in [1.807, 2.05) is 18.4 Å². The van der Waals surface area contributed by atoms with Crippen molar-refractivity contribution in [2.75, 3.05) is 32.9 Å². The fourth-order valence-corrected chi connectivity index (χ4v) is 4.97. The predicted molar refractivity (Wildman–Crippen MR) is 121 cm³/mol. The number of likely N-dealkylation sites (N-methyl/N-ethyl adjacent to an activating group) is 1. The SMILES string of the molecule is CSc1ccc(S(=O)(=O)N(C)CC(=O)NCc2ccc(CN3CCCC3)cc2)cc1. The van der Waals surface area contributed by atoms with Crippen molar-refractivity contribution >= 4 is 27.7 Å². The Bertz CT molecular complexity index is 939. The summed E-state index contributed by atoms with van der Waals surface area (Å²) in [7, 11) is -2.28. The lowest BCUT2D eigenvalue weighted by Crippen LogP contribution is -2.38. The standard InChI is InChI=1S/C22H29N3O3S2/c1-24(30(27,28)21-11-9-20(29-2)10-12-21)17-22(26)23-15-18-5-7-19(8-6-18)16-25-13-3-4-14-25/h5-12H,3-4,13-17H2,1-2H3,(H,23,26). The Labute approximate surface area is 183 Å². The van der Waals surface area contributed by atoms with Gasteiger partial charge in [-0.2, -0.15) is 4.31 Å². The van der Waals surface area contributed by atoms with Gasteiger partial charge < -0.3 is 5.32 Å². The van der Waals surface area contributed by atoms with Crippen LogP contribution in [0.15, 0.2) is 58.3 Å². The number of amides is 1. The molecule has 3 rings (SSSR count). The van der Waals surface area contributed by atoms with Crippen LogP contribution in [0, 0.1) is 0 Å². The number of carbonyl (C=O) groups excluding carboxylic acids is 1. The summed E-state index contributed by atoms with van der Waals surface area (Å²) in [6, 6.07) is 14.9. The van der Waals surface area contributed by atoms with Crippen LogP contribution >= 0.6 is 11.8 Å². The average molecular weight is 448 g/mol. The fraction of sp³-hybridized carbons (Fsp3) is 0.409. The second kappa shape index (κ2) is 10.4. The highest BCUT2D eigenvalue weighted by molar-refractivity contribution is 7.98. The Morgan fingerprint density at radius 2 is 1.63 bits per heavy atom. The molecule has 0 saturated carbocycles. The van der Waals surface area contributed by atoms with Crippen LogP contribution in [0.5, 0.6) is 0 Å². The first-order valence-corrected chi connectivity index (χ1v) is 12.7. The van der Waals surface area contributed by atoms with Gasteiger partial charge in [0.05, 0.1) is 11.4 Å².